The number of carbonyl (C=O) groups is 2. The highest BCUT2D eigenvalue weighted by molar-refractivity contribution is 5.84. The van der Waals surface area contributed by atoms with Gasteiger partial charge in [0.2, 0.25) is 5.91 Å². The van der Waals surface area contributed by atoms with Crippen LogP contribution in [0.25, 0.3) is 0 Å². The van der Waals surface area contributed by atoms with E-state index in [0.717, 1.165) is 6.42 Å². The molecule has 0 aliphatic carbocycles. The Hall–Kier alpha value is -0.940. The van der Waals surface area contributed by atoms with Crippen molar-refractivity contribution in [1.29, 1.82) is 0 Å². The Morgan fingerprint density at radius 1 is 1.25 bits per heavy atom. The van der Waals surface area contributed by atoms with Crippen molar-refractivity contribution in [3.63, 3.8) is 0 Å². The first kappa shape index (κ1) is 13.1. The molecule has 1 saturated heterocycles. The molecule has 16 heavy (non-hydrogen) atoms. The molecule has 0 aromatic heterocycles. The van der Waals surface area contributed by atoms with Crippen molar-refractivity contribution in [2.24, 2.45) is 5.92 Å². The predicted octanol–water partition coefficient (Wildman–Crippen LogP) is -0.388. The van der Waals surface area contributed by atoms with Crippen LogP contribution in [0.5, 0.6) is 0 Å². The van der Waals surface area contributed by atoms with Gasteiger partial charge in [0, 0.05) is 26.6 Å². The molecule has 1 fully saturated rings. The monoisotopic (exact) mass is 228 g/mol. The van der Waals surface area contributed by atoms with Crippen molar-refractivity contribution in [2.75, 3.05) is 47.4 Å². The molecular formula is C11H20N2O3. The lowest BCUT2D eigenvalue weighted by Gasteiger charge is -2.19. The van der Waals surface area contributed by atoms with E-state index >= 15 is 0 Å². The fourth-order valence-corrected chi connectivity index (χ4v) is 1.61. The van der Waals surface area contributed by atoms with Crippen LogP contribution in [0.4, 0.5) is 0 Å². The first-order valence-electron chi connectivity index (χ1n) is 5.50. The molecule has 0 spiro atoms. The number of ether oxygens (including phenoxy) is 1. The third-order valence-corrected chi connectivity index (χ3v) is 2.71. The van der Waals surface area contributed by atoms with Crippen molar-refractivity contribution in [3.8, 4) is 0 Å². The minimum atomic E-state index is 0.0120. The molecule has 1 aliphatic heterocycles. The summed E-state index contributed by atoms with van der Waals surface area (Å²) in [6.07, 6.45) is 0.814. The number of hydrogen-bond donors (Lipinski definition) is 0. The Morgan fingerprint density at radius 2 is 1.94 bits per heavy atom. The molecule has 1 amide bonds. The highest BCUT2D eigenvalue weighted by atomic mass is 16.5. The quantitative estimate of drug-likeness (QED) is 0.643. The van der Waals surface area contributed by atoms with Crippen LogP contribution in [0.3, 0.4) is 0 Å². The predicted molar refractivity (Wildman–Crippen MR) is 60.1 cm³/mol. The number of amides is 1. The summed E-state index contributed by atoms with van der Waals surface area (Å²) < 4.78 is 5.16. The Balaban J connectivity index is 2.30. The van der Waals surface area contributed by atoms with E-state index in [1.165, 1.54) is 4.90 Å². The van der Waals surface area contributed by atoms with E-state index in [-0.39, 0.29) is 24.2 Å². The van der Waals surface area contributed by atoms with E-state index in [1.807, 2.05) is 0 Å². The van der Waals surface area contributed by atoms with Crippen LogP contribution in [-0.4, -0.2) is 68.9 Å². The number of rotatable bonds is 5. The Bertz CT molecular complexity index is 260. The molecule has 0 saturated carbocycles. The number of ketones is 1. The van der Waals surface area contributed by atoms with Crippen molar-refractivity contribution in [1.82, 2.24) is 9.80 Å². The van der Waals surface area contributed by atoms with Crippen LogP contribution in [0.1, 0.15) is 6.42 Å². The van der Waals surface area contributed by atoms with Gasteiger partial charge in [0.1, 0.15) is 0 Å². The van der Waals surface area contributed by atoms with Gasteiger partial charge >= 0.3 is 0 Å². The number of nitrogens with zero attached hydrogens (tertiary/aromatic N) is 2. The standard InChI is InChI=1S/C11H20N2O3/c1-12(2)11(15)7-13(3)6-10(14)9-4-5-16-8-9/h9H,4-8H2,1-3H3. The van der Waals surface area contributed by atoms with Crippen LogP contribution in [-0.2, 0) is 14.3 Å². The Morgan fingerprint density at radius 3 is 2.44 bits per heavy atom. The van der Waals surface area contributed by atoms with Gasteiger partial charge in [-0.05, 0) is 13.5 Å². The second kappa shape index (κ2) is 5.96. The SMILES string of the molecule is CN(CC(=O)C1CCOC1)CC(=O)N(C)C. The van der Waals surface area contributed by atoms with E-state index in [2.05, 4.69) is 0 Å². The molecule has 1 atom stereocenters. The molecule has 0 radical (unpaired) electrons. The summed E-state index contributed by atoms with van der Waals surface area (Å²) >= 11 is 0. The maximum Gasteiger partial charge on any atom is 0.236 e. The molecule has 0 aromatic carbocycles. The highest BCUT2D eigenvalue weighted by Crippen LogP contribution is 2.13. The summed E-state index contributed by atoms with van der Waals surface area (Å²) in [5.41, 5.74) is 0. The van der Waals surface area contributed by atoms with Crippen LogP contribution < -0.4 is 0 Å². The van der Waals surface area contributed by atoms with Crippen LogP contribution in [0.15, 0.2) is 0 Å². The summed E-state index contributed by atoms with van der Waals surface area (Å²) in [5.74, 6) is 0.210. The van der Waals surface area contributed by atoms with Gasteiger partial charge in [0.15, 0.2) is 5.78 Å². The lowest BCUT2D eigenvalue weighted by Crippen LogP contribution is -2.38. The third-order valence-electron chi connectivity index (χ3n) is 2.71. The molecule has 1 rings (SSSR count). The lowest BCUT2D eigenvalue weighted by atomic mass is 10.0. The van der Waals surface area contributed by atoms with Crippen molar-refractivity contribution >= 4 is 11.7 Å². The zero-order chi connectivity index (χ0) is 12.1. The summed E-state index contributed by atoms with van der Waals surface area (Å²) in [7, 11) is 5.21. The second-order valence-electron chi connectivity index (χ2n) is 4.49. The fourth-order valence-electron chi connectivity index (χ4n) is 1.61. The molecule has 0 aromatic rings. The molecule has 0 bridgehead atoms. The average molecular weight is 228 g/mol. The average Bonchev–Trinajstić information content (AvgIpc) is 2.69. The van der Waals surface area contributed by atoms with E-state index in [0.29, 0.717) is 19.8 Å². The van der Waals surface area contributed by atoms with Gasteiger partial charge in [-0.3, -0.25) is 14.5 Å². The highest BCUT2D eigenvalue weighted by Gasteiger charge is 2.24. The lowest BCUT2D eigenvalue weighted by molar-refractivity contribution is -0.130. The minimum Gasteiger partial charge on any atom is -0.381 e. The molecule has 1 unspecified atom stereocenters. The molecule has 1 aliphatic rings. The van der Waals surface area contributed by atoms with E-state index in [9.17, 15) is 9.59 Å². The smallest absolute Gasteiger partial charge is 0.236 e. The summed E-state index contributed by atoms with van der Waals surface area (Å²) in [6.45, 7) is 1.82. The summed E-state index contributed by atoms with van der Waals surface area (Å²) in [6, 6.07) is 0. The minimum absolute atomic E-state index is 0.0120. The zero-order valence-electron chi connectivity index (χ0n) is 10.2. The number of hydrogen-bond acceptors (Lipinski definition) is 4. The van der Waals surface area contributed by atoms with Gasteiger partial charge in [-0.1, -0.05) is 0 Å². The van der Waals surface area contributed by atoms with Crippen molar-refractivity contribution in [3.05, 3.63) is 0 Å². The molecule has 5 heteroatoms. The molecular weight excluding hydrogens is 208 g/mol. The van der Waals surface area contributed by atoms with Gasteiger partial charge in [-0.25, -0.2) is 0 Å². The van der Waals surface area contributed by atoms with Crippen LogP contribution in [0, 0.1) is 5.92 Å². The molecule has 92 valence electrons. The molecule has 1 heterocycles. The maximum absolute atomic E-state index is 11.8. The van der Waals surface area contributed by atoms with Gasteiger partial charge in [-0.15, -0.1) is 0 Å². The first-order valence-corrected chi connectivity index (χ1v) is 5.50. The maximum atomic E-state index is 11.8. The second-order valence-corrected chi connectivity index (χ2v) is 4.49. The number of likely N-dealkylation sites (N-methyl/N-ethyl adjacent to an activating group) is 2. The molecule has 5 nitrogen and oxygen atoms in total. The van der Waals surface area contributed by atoms with Gasteiger partial charge in [-0.2, -0.15) is 0 Å². The topological polar surface area (TPSA) is 49.9 Å². The summed E-state index contributed by atoms with van der Waals surface area (Å²) in [5, 5.41) is 0. The Labute approximate surface area is 96.3 Å². The summed E-state index contributed by atoms with van der Waals surface area (Å²) in [4.78, 5) is 26.4. The van der Waals surface area contributed by atoms with Gasteiger partial charge in [0.25, 0.3) is 0 Å². The number of carbonyl (C=O) groups excluding carboxylic acids is 2. The van der Waals surface area contributed by atoms with Crippen LogP contribution >= 0.6 is 0 Å². The van der Waals surface area contributed by atoms with Crippen molar-refractivity contribution < 1.29 is 14.3 Å². The Kier molecular flexibility index (Phi) is 4.89. The zero-order valence-corrected chi connectivity index (χ0v) is 10.2. The van der Waals surface area contributed by atoms with E-state index < -0.39 is 0 Å². The fraction of sp³-hybridized carbons (Fsp3) is 0.818. The van der Waals surface area contributed by atoms with E-state index in [1.54, 1.807) is 26.0 Å². The number of Topliss-reactive ketones (excluding diaryl/α,β-unsaturated/α-hetero) is 1. The van der Waals surface area contributed by atoms with Gasteiger partial charge < -0.3 is 9.64 Å². The van der Waals surface area contributed by atoms with Crippen molar-refractivity contribution in [2.45, 2.75) is 6.42 Å². The van der Waals surface area contributed by atoms with Crippen LogP contribution in [0.2, 0.25) is 0 Å². The molecule has 0 N–H and O–H groups in total. The third kappa shape index (κ3) is 3.90. The van der Waals surface area contributed by atoms with E-state index in [4.69, 9.17) is 4.74 Å². The largest absolute Gasteiger partial charge is 0.381 e. The first-order chi connectivity index (χ1) is 7.50. The normalized spacial score (nSPS) is 20.1. The van der Waals surface area contributed by atoms with Gasteiger partial charge in [0.05, 0.1) is 19.7 Å².